The third-order valence-corrected chi connectivity index (χ3v) is 5.15. The van der Waals surface area contributed by atoms with Crippen LogP contribution in [0.4, 0.5) is 4.79 Å². The maximum atomic E-state index is 12.5. The van der Waals surface area contributed by atoms with Crippen LogP contribution < -0.4 is 5.32 Å². The number of nitrogens with zero attached hydrogens (tertiary/aromatic N) is 4. The van der Waals surface area contributed by atoms with Crippen LogP contribution in [0.3, 0.4) is 0 Å². The van der Waals surface area contributed by atoms with Gasteiger partial charge in [0, 0.05) is 58.4 Å². The topological polar surface area (TPSA) is 71.8 Å². The molecular formula is C20H29N5O2. The molecule has 1 aromatic rings. The second kappa shape index (κ2) is 9.70. The van der Waals surface area contributed by atoms with Crippen LogP contribution in [0.1, 0.15) is 18.1 Å². The maximum absolute atomic E-state index is 12.5. The minimum atomic E-state index is 0.0359. The second-order valence-electron chi connectivity index (χ2n) is 7.34. The Labute approximate surface area is 161 Å². The summed E-state index contributed by atoms with van der Waals surface area (Å²) >= 11 is 0. The third-order valence-electron chi connectivity index (χ3n) is 5.15. The number of carbonyl (C=O) groups excluding carboxylic acids is 1. The Morgan fingerprint density at radius 2 is 1.78 bits per heavy atom. The van der Waals surface area contributed by atoms with Crippen LogP contribution >= 0.6 is 0 Å². The predicted octanol–water partition coefficient (Wildman–Crippen LogP) is 1.11. The van der Waals surface area contributed by atoms with Crippen molar-refractivity contribution < 1.29 is 9.53 Å². The lowest BCUT2D eigenvalue weighted by Crippen LogP contribution is -2.54. The Morgan fingerprint density at radius 3 is 2.41 bits per heavy atom. The molecular weight excluding hydrogens is 342 g/mol. The molecule has 2 saturated heterocycles. The molecule has 7 heteroatoms. The number of ether oxygens (including phenoxy) is 1. The summed E-state index contributed by atoms with van der Waals surface area (Å²) in [4.78, 5) is 19.1. The van der Waals surface area contributed by atoms with Gasteiger partial charge in [0.1, 0.15) is 0 Å². The Morgan fingerprint density at radius 1 is 1.11 bits per heavy atom. The molecule has 146 valence electrons. The summed E-state index contributed by atoms with van der Waals surface area (Å²) in [5.41, 5.74) is 1.89. The predicted molar refractivity (Wildman–Crippen MR) is 103 cm³/mol. The Bertz CT molecular complexity index is 643. The van der Waals surface area contributed by atoms with Gasteiger partial charge in [-0.2, -0.15) is 5.26 Å². The monoisotopic (exact) mass is 371 g/mol. The summed E-state index contributed by atoms with van der Waals surface area (Å²) < 4.78 is 5.37. The number of morpholine rings is 1. The first kappa shape index (κ1) is 19.6. The lowest BCUT2D eigenvalue weighted by Gasteiger charge is -2.36. The smallest absolute Gasteiger partial charge is 0.317 e. The van der Waals surface area contributed by atoms with Gasteiger partial charge < -0.3 is 15.0 Å². The van der Waals surface area contributed by atoms with Crippen LogP contribution in [0.15, 0.2) is 24.3 Å². The lowest BCUT2D eigenvalue weighted by molar-refractivity contribution is 0.0345. The van der Waals surface area contributed by atoms with Crippen molar-refractivity contribution in [1.29, 1.82) is 5.26 Å². The van der Waals surface area contributed by atoms with Crippen LogP contribution in [-0.2, 0) is 11.3 Å². The van der Waals surface area contributed by atoms with Crippen LogP contribution in [0, 0.1) is 11.3 Å². The van der Waals surface area contributed by atoms with Gasteiger partial charge in [-0.15, -0.1) is 0 Å². The lowest BCUT2D eigenvalue weighted by atomic mass is 10.1. The summed E-state index contributed by atoms with van der Waals surface area (Å²) in [7, 11) is 0. The average Bonchev–Trinajstić information content (AvgIpc) is 2.70. The molecule has 0 aromatic heterocycles. The fraction of sp³-hybridized carbons (Fsp3) is 0.600. The SMILES string of the molecule is CC(CN1CCOCC1)NC(=O)N1CCN(Cc2ccc(C#N)cc2)CC1. The van der Waals surface area contributed by atoms with Gasteiger partial charge in [-0.25, -0.2) is 4.79 Å². The van der Waals surface area contributed by atoms with Crippen LogP contribution in [0.25, 0.3) is 0 Å². The summed E-state index contributed by atoms with van der Waals surface area (Å²) in [5.74, 6) is 0. The summed E-state index contributed by atoms with van der Waals surface area (Å²) in [6.07, 6.45) is 0. The fourth-order valence-electron chi connectivity index (χ4n) is 3.57. The molecule has 0 aliphatic carbocycles. The zero-order valence-electron chi connectivity index (χ0n) is 16.1. The van der Waals surface area contributed by atoms with Gasteiger partial charge in [-0.1, -0.05) is 12.1 Å². The number of carbonyl (C=O) groups is 1. The fourth-order valence-corrected chi connectivity index (χ4v) is 3.57. The van der Waals surface area contributed by atoms with Crippen molar-refractivity contribution in [3.63, 3.8) is 0 Å². The van der Waals surface area contributed by atoms with Crippen LogP contribution in [-0.4, -0.2) is 85.8 Å². The Kier molecular flexibility index (Phi) is 7.04. The van der Waals surface area contributed by atoms with Crippen LogP contribution in [0.2, 0.25) is 0 Å². The zero-order chi connectivity index (χ0) is 19.1. The van der Waals surface area contributed by atoms with Gasteiger partial charge in [0.05, 0.1) is 24.8 Å². The van der Waals surface area contributed by atoms with Crippen molar-refractivity contribution in [2.45, 2.75) is 19.5 Å². The number of nitrogens with one attached hydrogen (secondary N) is 1. The molecule has 2 aliphatic rings. The first-order valence-electron chi connectivity index (χ1n) is 9.71. The van der Waals surface area contributed by atoms with E-state index in [9.17, 15) is 4.79 Å². The van der Waals surface area contributed by atoms with Gasteiger partial charge in [0.15, 0.2) is 0 Å². The molecule has 2 fully saturated rings. The number of hydrogen-bond donors (Lipinski definition) is 1. The highest BCUT2D eigenvalue weighted by Crippen LogP contribution is 2.10. The molecule has 1 atom stereocenters. The zero-order valence-corrected chi connectivity index (χ0v) is 16.1. The van der Waals surface area contributed by atoms with E-state index in [1.54, 1.807) is 0 Å². The average molecular weight is 371 g/mol. The maximum Gasteiger partial charge on any atom is 0.317 e. The number of piperazine rings is 1. The van der Waals surface area contributed by atoms with E-state index >= 15 is 0 Å². The van der Waals surface area contributed by atoms with E-state index in [0.717, 1.165) is 65.6 Å². The van der Waals surface area contributed by atoms with E-state index in [4.69, 9.17) is 10.00 Å². The first-order valence-corrected chi connectivity index (χ1v) is 9.71. The Hall–Kier alpha value is -2.14. The van der Waals surface area contributed by atoms with E-state index in [1.807, 2.05) is 29.2 Å². The molecule has 27 heavy (non-hydrogen) atoms. The minimum Gasteiger partial charge on any atom is -0.379 e. The molecule has 1 unspecified atom stereocenters. The number of urea groups is 1. The molecule has 0 radical (unpaired) electrons. The van der Waals surface area contributed by atoms with Gasteiger partial charge in [0.2, 0.25) is 0 Å². The number of nitriles is 1. The summed E-state index contributed by atoms with van der Waals surface area (Å²) in [6.45, 7) is 10.4. The molecule has 2 aliphatic heterocycles. The number of hydrogen-bond acceptors (Lipinski definition) is 5. The van der Waals surface area contributed by atoms with E-state index in [1.165, 1.54) is 5.56 Å². The van der Waals surface area contributed by atoms with Crippen LogP contribution in [0.5, 0.6) is 0 Å². The van der Waals surface area contributed by atoms with Gasteiger partial charge in [-0.3, -0.25) is 9.80 Å². The normalized spacial score (nSPS) is 20.1. The van der Waals surface area contributed by atoms with E-state index in [0.29, 0.717) is 5.56 Å². The molecule has 3 rings (SSSR count). The number of rotatable bonds is 5. The molecule has 1 N–H and O–H groups in total. The van der Waals surface area contributed by atoms with E-state index in [-0.39, 0.29) is 12.1 Å². The molecule has 2 heterocycles. The minimum absolute atomic E-state index is 0.0359. The van der Waals surface area contributed by atoms with Crippen molar-refractivity contribution in [3.05, 3.63) is 35.4 Å². The van der Waals surface area contributed by atoms with E-state index < -0.39 is 0 Å². The molecule has 1 aromatic carbocycles. The second-order valence-corrected chi connectivity index (χ2v) is 7.34. The van der Waals surface area contributed by atoms with Gasteiger partial charge in [-0.05, 0) is 24.6 Å². The van der Waals surface area contributed by atoms with Crippen molar-refractivity contribution in [2.24, 2.45) is 0 Å². The highest BCUT2D eigenvalue weighted by Gasteiger charge is 2.23. The summed E-state index contributed by atoms with van der Waals surface area (Å²) in [6, 6.07) is 10.0. The first-order chi connectivity index (χ1) is 13.1. The van der Waals surface area contributed by atoms with Crippen molar-refractivity contribution in [3.8, 4) is 6.07 Å². The number of benzene rings is 1. The van der Waals surface area contributed by atoms with E-state index in [2.05, 4.69) is 28.1 Å². The van der Waals surface area contributed by atoms with Crippen molar-refractivity contribution >= 4 is 6.03 Å². The largest absolute Gasteiger partial charge is 0.379 e. The third kappa shape index (κ3) is 5.93. The van der Waals surface area contributed by atoms with Crippen molar-refractivity contribution in [1.82, 2.24) is 20.0 Å². The van der Waals surface area contributed by atoms with Crippen molar-refractivity contribution in [2.75, 3.05) is 59.0 Å². The quantitative estimate of drug-likeness (QED) is 0.839. The Balaban J connectivity index is 1.38. The molecule has 0 bridgehead atoms. The molecule has 7 nitrogen and oxygen atoms in total. The molecule has 0 spiro atoms. The van der Waals surface area contributed by atoms with Gasteiger partial charge in [0.25, 0.3) is 0 Å². The number of amides is 2. The molecule has 0 saturated carbocycles. The summed E-state index contributed by atoms with van der Waals surface area (Å²) in [5, 5.41) is 12.0. The highest BCUT2D eigenvalue weighted by molar-refractivity contribution is 5.74. The molecule has 2 amide bonds. The van der Waals surface area contributed by atoms with Gasteiger partial charge >= 0.3 is 6.03 Å². The standard InChI is InChI=1S/C20H29N5O2/c1-17(15-24-10-12-27-13-11-24)22-20(26)25-8-6-23(7-9-25)16-19-4-2-18(14-21)3-5-19/h2-5,17H,6-13,15-16H2,1H3,(H,22,26). The highest BCUT2D eigenvalue weighted by atomic mass is 16.5.